The zero-order chi connectivity index (χ0) is 21.0. The number of urea groups is 1. The van der Waals surface area contributed by atoms with Gasteiger partial charge in [-0.15, -0.1) is 0 Å². The molecule has 0 unspecified atom stereocenters. The molecular formula is C20H18FN3O5. The summed E-state index contributed by atoms with van der Waals surface area (Å²) < 4.78 is 25.3. The Labute approximate surface area is 165 Å². The molecule has 1 heterocycles. The summed E-state index contributed by atoms with van der Waals surface area (Å²) in [6.07, 6.45) is 1.47. The van der Waals surface area contributed by atoms with Crippen LogP contribution in [0.25, 0.3) is 10.9 Å². The number of ether oxygens (including phenoxy) is 2. The number of nitrogens with zero attached hydrogens (tertiary/aromatic N) is 1. The molecule has 3 rings (SSSR count). The van der Waals surface area contributed by atoms with Crippen molar-refractivity contribution < 1.29 is 28.6 Å². The monoisotopic (exact) mass is 399 g/mol. The number of carbonyl (C=O) groups is 2. The predicted octanol–water partition coefficient (Wildman–Crippen LogP) is 4.01. The number of nitrogens with one attached hydrogen (secondary N) is 2. The van der Waals surface area contributed by atoms with Crippen molar-refractivity contribution >= 4 is 28.6 Å². The number of amides is 2. The first-order valence-electron chi connectivity index (χ1n) is 8.65. The van der Waals surface area contributed by atoms with Crippen molar-refractivity contribution in [2.45, 2.75) is 6.92 Å². The van der Waals surface area contributed by atoms with E-state index in [-0.39, 0.29) is 28.5 Å². The zero-order valence-corrected chi connectivity index (χ0v) is 15.7. The Morgan fingerprint density at radius 3 is 2.66 bits per heavy atom. The average molecular weight is 399 g/mol. The molecule has 0 saturated heterocycles. The molecule has 2 amide bonds. The lowest BCUT2D eigenvalue weighted by Crippen LogP contribution is -2.28. The van der Waals surface area contributed by atoms with E-state index in [0.29, 0.717) is 17.4 Å². The smallest absolute Gasteiger partial charge is 0.339 e. The fourth-order valence-corrected chi connectivity index (χ4v) is 2.72. The van der Waals surface area contributed by atoms with Gasteiger partial charge < -0.3 is 25.2 Å². The van der Waals surface area contributed by atoms with Gasteiger partial charge in [0.2, 0.25) is 0 Å². The molecule has 0 saturated carbocycles. The van der Waals surface area contributed by atoms with Crippen molar-refractivity contribution in [2.24, 2.45) is 0 Å². The number of methoxy groups -OCH3 is 1. The number of fused-ring (bicyclic) bond motifs is 1. The highest BCUT2D eigenvalue weighted by atomic mass is 19.1. The number of carboxylic acids is 1. The topological polar surface area (TPSA) is 110 Å². The van der Waals surface area contributed by atoms with Crippen molar-refractivity contribution in [3.8, 4) is 17.2 Å². The molecular weight excluding hydrogens is 381 g/mol. The number of aromatic carboxylic acids is 1. The van der Waals surface area contributed by atoms with Gasteiger partial charge in [0.05, 0.1) is 12.6 Å². The third-order valence-electron chi connectivity index (χ3n) is 4.02. The number of hydrogen-bond donors (Lipinski definition) is 3. The Hall–Kier alpha value is -3.88. The number of pyridine rings is 1. The highest BCUT2D eigenvalue weighted by molar-refractivity contribution is 5.98. The van der Waals surface area contributed by atoms with E-state index in [1.807, 2.05) is 0 Å². The summed E-state index contributed by atoms with van der Waals surface area (Å²) >= 11 is 0. The highest BCUT2D eigenvalue weighted by Gasteiger charge is 2.18. The molecule has 0 atom stereocenters. The van der Waals surface area contributed by atoms with E-state index in [2.05, 4.69) is 15.6 Å². The number of hydrogen-bond acceptors (Lipinski definition) is 5. The summed E-state index contributed by atoms with van der Waals surface area (Å²) in [6.45, 7) is 2.10. The highest BCUT2D eigenvalue weighted by Crippen LogP contribution is 2.36. The summed E-state index contributed by atoms with van der Waals surface area (Å²) in [5.74, 6) is -1.41. The lowest BCUT2D eigenvalue weighted by atomic mass is 10.1. The Bertz CT molecular complexity index is 1090. The van der Waals surface area contributed by atoms with Crippen LogP contribution in [0.1, 0.15) is 17.3 Å². The molecule has 8 nitrogen and oxygen atoms in total. The molecule has 9 heteroatoms. The molecule has 3 N–H and O–H groups in total. The molecule has 2 aromatic carbocycles. The third-order valence-corrected chi connectivity index (χ3v) is 4.02. The minimum Gasteiger partial charge on any atom is -0.496 e. The average Bonchev–Trinajstić information content (AvgIpc) is 2.70. The summed E-state index contributed by atoms with van der Waals surface area (Å²) in [6, 6.07) is 7.88. The van der Waals surface area contributed by atoms with Crippen LogP contribution in [0.3, 0.4) is 0 Å². The molecule has 0 bridgehead atoms. The van der Waals surface area contributed by atoms with E-state index in [0.717, 1.165) is 0 Å². The number of benzene rings is 2. The minimum absolute atomic E-state index is 0.0523. The van der Waals surface area contributed by atoms with Crippen LogP contribution in [0, 0.1) is 5.82 Å². The number of carbonyl (C=O) groups excluding carboxylic acids is 1. The lowest BCUT2D eigenvalue weighted by Gasteiger charge is -2.15. The van der Waals surface area contributed by atoms with E-state index in [1.54, 1.807) is 6.92 Å². The van der Waals surface area contributed by atoms with Crippen LogP contribution in [0.5, 0.6) is 17.2 Å². The minimum atomic E-state index is -1.18. The SMILES string of the molecule is CCNC(=O)Nc1c(F)cccc1Oc1ccnc2cc(OC)c(C(=O)O)cc12. The van der Waals surface area contributed by atoms with Crippen LogP contribution < -0.4 is 20.1 Å². The molecule has 1 aromatic heterocycles. The number of anilines is 1. The van der Waals surface area contributed by atoms with Crippen LogP contribution in [-0.4, -0.2) is 35.7 Å². The van der Waals surface area contributed by atoms with Crippen molar-refractivity contribution in [3.05, 3.63) is 54.0 Å². The van der Waals surface area contributed by atoms with Crippen LogP contribution in [0.4, 0.5) is 14.9 Å². The molecule has 0 radical (unpaired) electrons. The maximum atomic E-state index is 14.3. The van der Waals surface area contributed by atoms with Crippen molar-refractivity contribution in [2.75, 3.05) is 19.0 Å². The van der Waals surface area contributed by atoms with Gasteiger partial charge in [0.1, 0.15) is 22.7 Å². The van der Waals surface area contributed by atoms with Crippen LogP contribution in [0.2, 0.25) is 0 Å². The largest absolute Gasteiger partial charge is 0.496 e. The first-order valence-corrected chi connectivity index (χ1v) is 8.65. The Morgan fingerprint density at radius 2 is 1.97 bits per heavy atom. The maximum Gasteiger partial charge on any atom is 0.339 e. The number of carboxylic acid groups (broad SMARTS) is 1. The fourth-order valence-electron chi connectivity index (χ4n) is 2.72. The molecule has 3 aromatic rings. The predicted molar refractivity (Wildman–Crippen MR) is 104 cm³/mol. The fraction of sp³-hybridized carbons (Fsp3) is 0.150. The van der Waals surface area contributed by atoms with E-state index < -0.39 is 17.8 Å². The number of para-hydroxylation sites is 1. The standard InChI is InChI=1S/C20H18FN3O5/c1-3-22-20(27)24-18-13(21)5-4-6-16(18)29-15-7-8-23-14-10-17(28-2)12(19(25)26)9-11(14)15/h4-10H,3H2,1-2H3,(H,25,26)(H2,22,24,27). The molecule has 0 aliphatic carbocycles. The Balaban J connectivity index is 2.07. The molecule has 0 fully saturated rings. The molecule has 0 aliphatic rings. The van der Waals surface area contributed by atoms with Gasteiger partial charge in [0.15, 0.2) is 11.6 Å². The van der Waals surface area contributed by atoms with Crippen LogP contribution in [-0.2, 0) is 0 Å². The number of halogens is 1. The summed E-state index contributed by atoms with van der Waals surface area (Å²) in [4.78, 5) is 27.6. The quantitative estimate of drug-likeness (QED) is 0.578. The van der Waals surface area contributed by atoms with Crippen LogP contribution in [0.15, 0.2) is 42.6 Å². The van der Waals surface area contributed by atoms with E-state index in [1.165, 1.54) is 49.7 Å². The normalized spacial score (nSPS) is 10.4. The molecule has 0 aliphatic heterocycles. The summed E-state index contributed by atoms with van der Waals surface area (Å²) in [7, 11) is 1.36. The van der Waals surface area contributed by atoms with Gasteiger partial charge in [-0.2, -0.15) is 0 Å². The van der Waals surface area contributed by atoms with Crippen molar-refractivity contribution in [1.82, 2.24) is 10.3 Å². The molecule has 0 spiro atoms. The van der Waals surface area contributed by atoms with Gasteiger partial charge in [-0.25, -0.2) is 14.0 Å². The van der Waals surface area contributed by atoms with E-state index in [9.17, 15) is 19.1 Å². The van der Waals surface area contributed by atoms with Gasteiger partial charge in [0, 0.05) is 24.2 Å². The zero-order valence-electron chi connectivity index (χ0n) is 15.7. The first kappa shape index (κ1) is 19.9. The van der Waals surface area contributed by atoms with Crippen molar-refractivity contribution in [1.29, 1.82) is 0 Å². The van der Waals surface area contributed by atoms with Gasteiger partial charge in [-0.05, 0) is 31.2 Å². The summed E-state index contributed by atoms with van der Waals surface area (Å²) in [5, 5.41) is 14.7. The van der Waals surface area contributed by atoms with Crippen molar-refractivity contribution in [3.63, 3.8) is 0 Å². The van der Waals surface area contributed by atoms with Gasteiger partial charge >= 0.3 is 12.0 Å². The third kappa shape index (κ3) is 4.18. The maximum absolute atomic E-state index is 14.3. The second-order valence-electron chi connectivity index (χ2n) is 5.88. The number of aromatic nitrogens is 1. The van der Waals surface area contributed by atoms with Gasteiger partial charge in [-0.3, -0.25) is 4.98 Å². The second-order valence-corrected chi connectivity index (χ2v) is 5.88. The van der Waals surface area contributed by atoms with E-state index in [4.69, 9.17) is 9.47 Å². The van der Waals surface area contributed by atoms with Gasteiger partial charge in [0.25, 0.3) is 0 Å². The van der Waals surface area contributed by atoms with Crippen LogP contribution >= 0.6 is 0 Å². The Morgan fingerprint density at radius 1 is 1.17 bits per heavy atom. The molecule has 150 valence electrons. The first-order chi connectivity index (χ1) is 13.9. The van der Waals surface area contributed by atoms with E-state index >= 15 is 0 Å². The lowest BCUT2D eigenvalue weighted by molar-refractivity contribution is 0.0693. The Kier molecular flexibility index (Phi) is 5.77. The summed E-state index contributed by atoms with van der Waals surface area (Å²) in [5.41, 5.74) is 0.215. The number of rotatable bonds is 6. The van der Waals surface area contributed by atoms with Gasteiger partial charge in [-0.1, -0.05) is 6.07 Å². The second kappa shape index (κ2) is 8.42. The molecule has 29 heavy (non-hydrogen) atoms.